The molecule has 2 aromatic heterocycles. The monoisotopic (exact) mass is 390 g/mol. The zero-order valence-corrected chi connectivity index (χ0v) is 15.9. The number of nitrogens with one attached hydrogen (secondary N) is 1. The predicted molar refractivity (Wildman–Crippen MR) is 111 cm³/mol. The zero-order valence-electron chi connectivity index (χ0n) is 15.9. The molecule has 0 saturated carbocycles. The SMILES string of the molecule is O=[N+]([O-])c1c(Nc2cccnc2)ncnc1N1CCC(Cc2ccccc2)CC1. The second-order valence-electron chi connectivity index (χ2n) is 7.14. The van der Waals surface area contributed by atoms with Crippen LogP contribution in [0.1, 0.15) is 18.4 Å². The Morgan fingerprint density at radius 2 is 1.90 bits per heavy atom. The van der Waals surface area contributed by atoms with Crippen molar-refractivity contribution < 1.29 is 4.92 Å². The van der Waals surface area contributed by atoms with Crippen molar-refractivity contribution in [3.05, 3.63) is 76.9 Å². The summed E-state index contributed by atoms with van der Waals surface area (Å²) in [4.78, 5) is 25.8. The third-order valence-corrected chi connectivity index (χ3v) is 5.19. The van der Waals surface area contributed by atoms with Crippen LogP contribution in [0.15, 0.2) is 61.2 Å². The lowest BCUT2D eigenvalue weighted by Crippen LogP contribution is -2.35. The van der Waals surface area contributed by atoms with Crippen molar-refractivity contribution in [2.24, 2.45) is 5.92 Å². The van der Waals surface area contributed by atoms with Gasteiger partial charge >= 0.3 is 5.69 Å². The van der Waals surface area contributed by atoms with Gasteiger partial charge in [-0.3, -0.25) is 15.1 Å². The van der Waals surface area contributed by atoms with E-state index in [1.165, 1.54) is 11.9 Å². The fourth-order valence-corrected chi connectivity index (χ4v) is 3.73. The molecule has 0 aliphatic carbocycles. The molecule has 3 aromatic rings. The van der Waals surface area contributed by atoms with Crippen LogP contribution >= 0.6 is 0 Å². The number of aromatic nitrogens is 3. The summed E-state index contributed by atoms with van der Waals surface area (Å²) in [6.07, 6.45) is 7.60. The Hall–Kier alpha value is -3.55. The molecule has 29 heavy (non-hydrogen) atoms. The maximum absolute atomic E-state index is 11.8. The van der Waals surface area contributed by atoms with E-state index in [9.17, 15) is 10.1 Å². The lowest BCUT2D eigenvalue weighted by molar-refractivity contribution is -0.383. The van der Waals surface area contributed by atoms with Gasteiger partial charge in [0.05, 0.1) is 16.8 Å². The number of piperidine rings is 1. The lowest BCUT2D eigenvalue weighted by atomic mass is 9.90. The zero-order chi connectivity index (χ0) is 20.1. The van der Waals surface area contributed by atoms with Crippen LogP contribution in [0.5, 0.6) is 0 Å². The number of rotatable bonds is 6. The first-order valence-corrected chi connectivity index (χ1v) is 9.66. The van der Waals surface area contributed by atoms with Gasteiger partial charge in [0, 0.05) is 19.3 Å². The highest BCUT2D eigenvalue weighted by molar-refractivity contribution is 5.74. The number of nitrogens with zero attached hydrogens (tertiary/aromatic N) is 5. The van der Waals surface area contributed by atoms with Crippen LogP contribution in [0.2, 0.25) is 0 Å². The van der Waals surface area contributed by atoms with Gasteiger partial charge in [-0.2, -0.15) is 0 Å². The minimum atomic E-state index is -0.413. The molecule has 0 bridgehead atoms. The fraction of sp³-hybridized carbons (Fsp3) is 0.286. The van der Waals surface area contributed by atoms with Gasteiger partial charge in [-0.15, -0.1) is 0 Å². The third kappa shape index (κ3) is 4.48. The molecule has 4 rings (SSSR count). The van der Waals surface area contributed by atoms with Crippen LogP contribution in [0.4, 0.5) is 23.0 Å². The second-order valence-corrected chi connectivity index (χ2v) is 7.14. The van der Waals surface area contributed by atoms with E-state index in [4.69, 9.17) is 0 Å². The highest BCUT2D eigenvalue weighted by Crippen LogP contribution is 2.35. The lowest BCUT2D eigenvalue weighted by Gasteiger charge is -2.32. The number of benzene rings is 1. The Kier molecular flexibility index (Phi) is 5.60. The topological polar surface area (TPSA) is 97.1 Å². The number of anilines is 3. The summed E-state index contributed by atoms with van der Waals surface area (Å²) in [5.41, 5.74) is 1.88. The predicted octanol–water partition coefficient (Wildman–Crippen LogP) is 3.98. The van der Waals surface area contributed by atoms with Crippen LogP contribution in [0, 0.1) is 16.0 Å². The maximum Gasteiger partial charge on any atom is 0.353 e. The van der Waals surface area contributed by atoms with Crippen molar-refractivity contribution in [3.63, 3.8) is 0 Å². The van der Waals surface area contributed by atoms with Crippen molar-refractivity contribution in [1.29, 1.82) is 0 Å². The first-order valence-electron chi connectivity index (χ1n) is 9.66. The third-order valence-electron chi connectivity index (χ3n) is 5.19. The van der Waals surface area contributed by atoms with Gasteiger partial charge in [-0.1, -0.05) is 30.3 Å². The Morgan fingerprint density at radius 1 is 1.10 bits per heavy atom. The molecule has 1 fully saturated rings. The van der Waals surface area contributed by atoms with Crippen LogP contribution in [0.3, 0.4) is 0 Å². The van der Waals surface area contributed by atoms with Gasteiger partial charge in [0.1, 0.15) is 6.33 Å². The Morgan fingerprint density at radius 3 is 2.59 bits per heavy atom. The molecule has 0 spiro atoms. The van der Waals surface area contributed by atoms with Gasteiger partial charge in [-0.05, 0) is 42.9 Å². The van der Waals surface area contributed by atoms with Crippen LogP contribution < -0.4 is 10.2 Å². The van der Waals surface area contributed by atoms with Gasteiger partial charge in [0.15, 0.2) is 0 Å². The van der Waals surface area contributed by atoms with E-state index in [1.54, 1.807) is 24.5 Å². The Bertz CT molecular complexity index is 959. The van der Waals surface area contributed by atoms with Gasteiger partial charge in [0.25, 0.3) is 0 Å². The standard InChI is InChI=1S/C21H22N6O2/c28-27(29)19-20(25-18-7-4-10-22-14-18)23-15-24-21(19)26-11-8-17(9-12-26)13-16-5-2-1-3-6-16/h1-7,10,14-15,17H,8-9,11-13H2,(H,23,24,25). The van der Waals surface area contributed by atoms with E-state index in [2.05, 4.69) is 44.5 Å². The van der Waals surface area contributed by atoms with Crippen molar-refractivity contribution in [2.75, 3.05) is 23.3 Å². The van der Waals surface area contributed by atoms with E-state index in [0.717, 1.165) is 32.4 Å². The number of hydrogen-bond acceptors (Lipinski definition) is 7. The van der Waals surface area contributed by atoms with Gasteiger partial charge < -0.3 is 10.2 Å². The smallest absolute Gasteiger partial charge is 0.351 e. The van der Waals surface area contributed by atoms with E-state index in [-0.39, 0.29) is 11.5 Å². The summed E-state index contributed by atoms with van der Waals surface area (Å²) in [6.45, 7) is 1.48. The molecule has 8 nitrogen and oxygen atoms in total. The summed E-state index contributed by atoms with van der Waals surface area (Å²) < 4.78 is 0. The largest absolute Gasteiger partial charge is 0.353 e. The van der Waals surface area contributed by atoms with Crippen molar-refractivity contribution >= 4 is 23.0 Å². The molecule has 1 aliphatic rings. The number of nitro groups is 1. The van der Waals surface area contributed by atoms with E-state index in [0.29, 0.717) is 17.4 Å². The first-order chi connectivity index (χ1) is 14.2. The molecule has 1 aromatic carbocycles. The van der Waals surface area contributed by atoms with Crippen LogP contribution in [-0.2, 0) is 6.42 Å². The average molecular weight is 390 g/mol. The normalized spacial score (nSPS) is 14.6. The first kappa shape index (κ1) is 18.8. The van der Waals surface area contributed by atoms with E-state index >= 15 is 0 Å². The molecule has 3 heterocycles. The van der Waals surface area contributed by atoms with Crippen LogP contribution in [0.25, 0.3) is 0 Å². The molecule has 0 atom stereocenters. The highest BCUT2D eigenvalue weighted by Gasteiger charge is 2.30. The fourth-order valence-electron chi connectivity index (χ4n) is 3.73. The summed E-state index contributed by atoms with van der Waals surface area (Å²) in [6, 6.07) is 14.0. The minimum absolute atomic E-state index is 0.0992. The summed E-state index contributed by atoms with van der Waals surface area (Å²) >= 11 is 0. The maximum atomic E-state index is 11.8. The van der Waals surface area contributed by atoms with Crippen molar-refractivity contribution in [1.82, 2.24) is 15.0 Å². The molecule has 1 saturated heterocycles. The molecule has 0 radical (unpaired) electrons. The van der Waals surface area contributed by atoms with E-state index < -0.39 is 4.92 Å². The molecule has 8 heteroatoms. The van der Waals surface area contributed by atoms with Crippen molar-refractivity contribution in [3.8, 4) is 0 Å². The number of pyridine rings is 1. The molecule has 1 aliphatic heterocycles. The van der Waals surface area contributed by atoms with Gasteiger partial charge in [-0.25, -0.2) is 9.97 Å². The minimum Gasteiger partial charge on any atom is -0.351 e. The summed E-state index contributed by atoms with van der Waals surface area (Å²) in [5, 5.41) is 14.8. The Balaban J connectivity index is 1.50. The molecular weight excluding hydrogens is 368 g/mol. The Labute approximate surface area is 168 Å². The molecule has 0 unspecified atom stereocenters. The highest BCUT2D eigenvalue weighted by atomic mass is 16.6. The average Bonchev–Trinajstić information content (AvgIpc) is 2.75. The molecular formula is C21H22N6O2. The summed E-state index contributed by atoms with van der Waals surface area (Å²) in [5.74, 6) is 1.12. The molecule has 148 valence electrons. The van der Waals surface area contributed by atoms with Crippen LogP contribution in [-0.4, -0.2) is 33.0 Å². The van der Waals surface area contributed by atoms with Gasteiger partial charge in [0.2, 0.25) is 11.6 Å². The second kappa shape index (κ2) is 8.64. The van der Waals surface area contributed by atoms with Crippen molar-refractivity contribution in [2.45, 2.75) is 19.3 Å². The van der Waals surface area contributed by atoms with E-state index in [1.807, 2.05) is 11.0 Å². The molecule has 1 N–H and O–H groups in total. The molecule has 0 amide bonds. The quantitative estimate of drug-likeness (QED) is 0.502. The summed E-state index contributed by atoms with van der Waals surface area (Å²) in [7, 11) is 0. The number of hydrogen-bond donors (Lipinski definition) is 1.